The average Bonchev–Trinajstić information content (AvgIpc) is 3.31. The molecule has 0 saturated carbocycles. The second-order valence-corrected chi connectivity index (χ2v) is 9.97. The third kappa shape index (κ3) is 3.86. The molecule has 184 valence electrons. The van der Waals surface area contributed by atoms with E-state index in [1.807, 2.05) is 42.2 Å². The summed E-state index contributed by atoms with van der Waals surface area (Å²) >= 11 is 0. The predicted octanol–water partition coefficient (Wildman–Crippen LogP) is 0.705. The summed E-state index contributed by atoms with van der Waals surface area (Å²) in [6.45, 7) is 1.98. The Kier molecular flexibility index (Phi) is 5.61. The molecule has 3 aromatic rings. The predicted molar refractivity (Wildman–Crippen MR) is 130 cm³/mol. The van der Waals surface area contributed by atoms with E-state index < -0.39 is 16.8 Å². The number of likely N-dealkylation sites (tertiary alicyclic amines) is 1. The monoisotopic (exact) mass is 478 g/mol. The summed E-state index contributed by atoms with van der Waals surface area (Å²) in [5, 5.41) is 3.20. The number of carbonyl (C=O) groups is 2. The van der Waals surface area contributed by atoms with Crippen molar-refractivity contribution in [2.24, 2.45) is 14.1 Å². The van der Waals surface area contributed by atoms with Crippen LogP contribution in [0.4, 0.5) is 0 Å². The van der Waals surface area contributed by atoms with Crippen LogP contribution in [0.15, 0.2) is 46.2 Å². The van der Waals surface area contributed by atoms with Gasteiger partial charge in [-0.25, -0.2) is 9.78 Å². The summed E-state index contributed by atoms with van der Waals surface area (Å²) < 4.78 is 3.93. The maximum atomic E-state index is 13.9. The maximum absolute atomic E-state index is 13.9. The number of hydrogen-bond donors (Lipinski definition) is 1. The number of aryl methyl sites for hydroxylation is 1. The minimum atomic E-state index is -0.511. The zero-order chi connectivity index (χ0) is 24.9. The Morgan fingerprint density at radius 2 is 1.89 bits per heavy atom. The number of imidazole rings is 1. The Balaban J connectivity index is 1.52. The van der Waals surface area contributed by atoms with Gasteiger partial charge in [0, 0.05) is 26.6 Å². The van der Waals surface area contributed by atoms with Gasteiger partial charge in [0.2, 0.25) is 11.8 Å². The van der Waals surface area contributed by atoms with Crippen LogP contribution in [0.2, 0.25) is 0 Å². The fourth-order valence-corrected chi connectivity index (χ4v) is 5.93. The molecule has 35 heavy (non-hydrogen) atoms. The van der Waals surface area contributed by atoms with E-state index in [2.05, 4.69) is 10.3 Å². The van der Waals surface area contributed by atoms with Crippen LogP contribution in [0, 0.1) is 0 Å². The van der Waals surface area contributed by atoms with Crippen LogP contribution in [0.3, 0.4) is 0 Å². The van der Waals surface area contributed by atoms with Gasteiger partial charge in [0.05, 0.1) is 17.9 Å². The molecule has 10 heteroatoms. The largest absolute Gasteiger partial charge is 0.349 e. The van der Waals surface area contributed by atoms with E-state index in [1.165, 1.54) is 17.9 Å². The molecule has 2 aromatic heterocycles. The number of rotatable bonds is 4. The van der Waals surface area contributed by atoms with Crippen molar-refractivity contribution < 1.29 is 9.59 Å². The van der Waals surface area contributed by atoms with Gasteiger partial charge in [-0.1, -0.05) is 30.3 Å². The first-order valence-corrected chi connectivity index (χ1v) is 12.0. The normalized spacial score (nSPS) is 24.3. The SMILES string of the molecule is Cn1c(=O)c2ncn(CC(=O)N3[C@H](Cc4ccccc4)C[C@]4(C)NC(=O)CCC[C@H]34)c2n(C)c1=O. The lowest BCUT2D eigenvalue weighted by molar-refractivity contribution is -0.135. The third-order valence-electron chi connectivity index (χ3n) is 7.55. The van der Waals surface area contributed by atoms with Crippen LogP contribution < -0.4 is 16.6 Å². The molecule has 1 N–H and O–H groups in total. The quantitative estimate of drug-likeness (QED) is 0.594. The summed E-state index contributed by atoms with van der Waals surface area (Å²) in [5.74, 6) is -0.0996. The van der Waals surface area contributed by atoms with Gasteiger partial charge in [0.15, 0.2) is 5.52 Å². The van der Waals surface area contributed by atoms with Gasteiger partial charge in [-0.05, 0) is 38.2 Å². The number of benzene rings is 1. The van der Waals surface area contributed by atoms with E-state index in [4.69, 9.17) is 0 Å². The molecule has 0 aliphatic carbocycles. The maximum Gasteiger partial charge on any atom is 0.332 e. The third-order valence-corrected chi connectivity index (χ3v) is 7.55. The van der Waals surface area contributed by atoms with Crippen molar-refractivity contribution >= 4 is 23.0 Å². The highest BCUT2D eigenvalue weighted by atomic mass is 16.2. The number of nitrogens with zero attached hydrogens (tertiary/aromatic N) is 5. The van der Waals surface area contributed by atoms with Gasteiger partial charge < -0.3 is 14.8 Å². The average molecular weight is 479 g/mol. The number of amides is 2. The van der Waals surface area contributed by atoms with Crippen molar-refractivity contribution in [3.63, 3.8) is 0 Å². The first-order chi connectivity index (χ1) is 16.7. The molecule has 2 aliphatic heterocycles. The zero-order valence-electron chi connectivity index (χ0n) is 20.2. The Morgan fingerprint density at radius 3 is 2.63 bits per heavy atom. The van der Waals surface area contributed by atoms with Crippen LogP contribution in [0.5, 0.6) is 0 Å². The molecular weight excluding hydrogens is 448 g/mol. The van der Waals surface area contributed by atoms with Gasteiger partial charge in [0.25, 0.3) is 5.56 Å². The standard InChI is InChI=1S/C25H30N6O4/c1-25-13-17(12-16-8-5-4-6-9-16)31(18(25)10-7-11-19(32)27-25)20(33)14-30-15-26-21-22(30)28(2)24(35)29(3)23(21)34/h4-6,8-9,15,17-18H,7,10-14H2,1-3H3,(H,27,32)/t17-,18+,25+/m1/s1. The Morgan fingerprint density at radius 1 is 1.14 bits per heavy atom. The minimum Gasteiger partial charge on any atom is -0.349 e. The Labute approximate surface area is 202 Å². The molecule has 5 rings (SSSR count). The van der Waals surface area contributed by atoms with E-state index in [9.17, 15) is 19.2 Å². The molecular formula is C25H30N6O4. The Bertz CT molecular complexity index is 1420. The van der Waals surface area contributed by atoms with E-state index in [1.54, 1.807) is 11.6 Å². The Hall–Kier alpha value is -3.69. The first kappa shape index (κ1) is 23.1. The van der Waals surface area contributed by atoms with E-state index in [0.29, 0.717) is 31.3 Å². The van der Waals surface area contributed by atoms with Gasteiger partial charge >= 0.3 is 5.69 Å². The summed E-state index contributed by atoms with van der Waals surface area (Å²) in [5.41, 5.74) is 0.122. The molecule has 0 radical (unpaired) electrons. The molecule has 2 fully saturated rings. The lowest BCUT2D eigenvalue weighted by Gasteiger charge is -2.35. The van der Waals surface area contributed by atoms with E-state index in [-0.39, 0.29) is 36.0 Å². The van der Waals surface area contributed by atoms with Crippen LogP contribution in [0.1, 0.15) is 38.2 Å². The topological polar surface area (TPSA) is 111 Å². The molecule has 0 bridgehead atoms. The van der Waals surface area contributed by atoms with Gasteiger partial charge in [-0.2, -0.15) is 0 Å². The van der Waals surface area contributed by atoms with Gasteiger partial charge in [-0.15, -0.1) is 0 Å². The zero-order valence-corrected chi connectivity index (χ0v) is 20.2. The number of fused-ring (bicyclic) bond motifs is 2. The highest BCUT2D eigenvalue weighted by Gasteiger charge is 2.52. The number of hydrogen-bond acceptors (Lipinski definition) is 5. The highest BCUT2D eigenvalue weighted by molar-refractivity contribution is 5.81. The van der Waals surface area contributed by atoms with Crippen molar-refractivity contribution in [2.45, 2.75) is 63.2 Å². The fraction of sp³-hybridized carbons (Fsp3) is 0.480. The molecule has 2 saturated heterocycles. The van der Waals surface area contributed by atoms with Crippen molar-refractivity contribution in [2.75, 3.05) is 0 Å². The molecule has 0 unspecified atom stereocenters. The molecule has 2 aliphatic rings. The summed E-state index contributed by atoms with van der Waals surface area (Å²) in [6, 6.07) is 9.80. The molecule has 10 nitrogen and oxygen atoms in total. The van der Waals surface area contributed by atoms with Crippen LogP contribution in [-0.2, 0) is 36.6 Å². The second kappa shape index (κ2) is 8.51. The number of nitrogens with one attached hydrogen (secondary N) is 1. The molecule has 1 aromatic carbocycles. The smallest absolute Gasteiger partial charge is 0.332 e. The van der Waals surface area contributed by atoms with E-state index in [0.717, 1.165) is 16.6 Å². The highest BCUT2D eigenvalue weighted by Crippen LogP contribution is 2.39. The van der Waals surface area contributed by atoms with E-state index >= 15 is 0 Å². The minimum absolute atomic E-state index is 0.0224. The van der Waals surface area contributed by atoms with Gasteiger partial charge in [0.1, 0.15) is 12.2 Å². The lowest BCUT2D eigenvalue weighted by Crippen LogP contribution is -2.54. The molecule has 3 atom stereocenters. The van der Waals surface area contributed by atoms with Crippen LogP contribution >= 0.6 is 0 Å². The first-order valence-electron chi connectivity index (χ1n) is 12.0. The van der Waals surface area contributed by atoms with Crippen molar-refractivity contribution in [3.8, 4) is 0 Å². The van der Waals surface area contributed by atoms with Crippen LogP contribution in [-0.4, -0.2) is 53.0 Å². The molecule has 2 amide bonds. The summed E-state index contributed by atoms with van der Waals surface area (Å²) in [4.78, 5) is 57.5. The number of carbonyl (C=O) groups excluding carboxylic acids is 2. The number of aromatic nitrogens is 4. The van der Waals surface area contributed by atoms with Crippen molar-refractivity contribution in [1.82, 2.24) is 28.9 Å². The molecule has 0 spiro atoms. The fourth-order valence-electron chi connectivity index (χ4n) is 5.93. The van der Waals surface area contributed by atoms with Crippen molar-refractivity contribution in [3.05, 3.63) is 63.1 Å². The van der Waals surface area contributed by atoms with Crippen molar-refractivity contribution in [1.29, 1.82) is 0 Å². The lowest BCUT2D eigenvalue weighted by atomic mass is 9.89. The van der Waals surface area contributed by atoms with Gasteiger partial charge in [-0.3, -0.25) is 23.5 Å². The second-order valence-electron chi connectivity index (χ2n) is 9.97. The summed E-state index contributed by atoms with van der Waals surface area (Å²) in [7, 11) is 2.98. The summed E-state index contributed by atoms with van der Waals surface area (Å²) in [6.07, 6.45) is 4.68. The molecule has 4 heterocycles. The van der Waals surface area contributed by atoms with Crippen LogP contribution in [0.25, 0.3) is 11.2 Å².